The molecular weight excluding hydrogens is 294 g/mol. The van der Waals surface area contributed by atoms with Gasteiger partial charge >= 0.3 is 5.97 Å². The minimum absolute atomic E-state index is 0.0802. The molecule has 2 aromatic rings. The fourth-order valence-corrected chi connectivity index (χ4v) is 2.98. The van der Waals surface area contributed by atoms with Gasteiger partial charge in [0.15, 0.2) is 0 Å². The highest BCUT2D eigenvalue weighted by Gasteiger charge is 2.20. The van der Waals surface area contributed by atoms with Crippen LogP contribution in [0.15, 0.2) is 6.33 Å². The quantitative estimate of drug-likeness (QED) is 0.883. The lowest BCUT2D eigenvalue weighted by Gasteiger charge is -2.22. The smallest absolute Gasteiger partial charge is 0.346 e. The number of rotatable bonds is 5. The first-order chi connectivity index (χ1) is 9.35. The third kappa shape index (κ3) is 2.88. The maximum atomic E-state index is 11.2. The predicted molar refractivity (Wildman–Crippen MR) is 85.2 cm³/mol. The number of carbonyl (C=O) groups is 1. The normalized spacial score (nSPS) is 11.8. The molecule has 0 unspecified atom stereocenters. The van der Waals surface area contributed by atoms with Crippen molar-refractivity contribution in [3.05, 3.63) is 16.8 Å². The summed E-state index contributed by atoms with van der Waals surface area (Å²) >= 11 is 2.96. The van der Waals surface area contributed by atoms with E-state index in [9.17, 15) is 9.90 Å². The molecule has 2 aromatic heterocycles. The van der Waals surface area contributed by atoms with Gasteiger partial charge in [0.05, 0.1) is 5.39 Å². The van der Waals surface area contributed by atoms with Crippen LogP contribution < -0.4 is 5.32 Å². The van der Waals surface area contributed by atoms with E-state index in [0.717, 1.165) is 17.5 Å². The highest BCUT2D eigenvalue weighted by molar-refractivity contribution is 7.99. The summed E-state index contributed by atoms with van der Waals surface area (Å²) in [7, 11) is 0. The van der Waals surface area contributed by atoms with E-state index in [0.29, 0.717) is 15.5 Å². The van der Waals surface area contributed by atoms with Crippen LogP contribution >= 0.6 is 23.1 Å². The Labute approximate surface area is 125 Å². The van der Waals surface area contributed by atoms with Crippen molar-refractivity contribution >= 4 is 45.1 Å². The van der Waals surface area contributed by atoms with Gasteiger partial charge in [-0.1, -0.05) is 0 Å². The first-order valence-electron chi connectivity index (χ1n) is 6.12. The molecule has 2 heterocycles. The van der Waals surface area contributed by atoms with Crippen molar-refractivity contribution < 1.29 is 9.90 Å². The number of nitrogens with zero attached hydrogens (tertiary/aromatic N) is 2. The van der Waals surface area contributed by atoms with E-state index >= 15 is 0 Å². The van der Waals surface area contributed by atoms with Gasteiger partial charge in [-0.3, -0.25) is 0 Å². The summed E-state index contributed by atoms with van der Waals surface area (Å²) in [6.07, 6.45) is 3.54. The van der Waals surface area contributed by atoms with Crippen LogP contribution in [0.3, 0.4) is 0 Å². The van der Waals surface area contributed by atoms with Gasteiger partial charge in [-0.25, -0.2) is 14.8 Å². The first kappa shape index (κ1) is 15.1. The second-order valence-electron chi connectivity index (χ2n) is 5.08. The fraction of sp³-hybridized carbons (Fsp3) is 0.462. The van der Waals surface area contributed by atoms with Gasteiger partial charge in [0.25, 0.3) is 0 Å². The SMILES string of the molecule is CSC(C)(C)CNc1ncnc2sc(C(=O)O)c(C)c12. The number of aryl methyl sites for hydroxylation is 1. The van der Waals surface area contributed by atoms with Crippen molar-refractivity contribution in [3.8, 4) is 0 Å². The zero-order valence-electron chi connectivity index (χ0n) is 11.9. The van der Waals surface area contributed by atoms with Crippen molar-refractivity contribution in [2.75, 3.05) is 18.1 Å². The molecular formula is C13H17N3O2S2. The topological polar surface area (TPSA) is 75.1 Å². The molecule has 20 heavy (non-hydrogen) atoms. The number of carboxylic acids is 1. The van der Waals surface area contributed by atoms with Crippen molar-refractivity contribution in [2.45, 2.75) is 25.5 Å². The van der Waals surface area contributed by atoms with Gasteiger partial charge in [-0.2, -0.15) is 11.8 Å². The molecule has 7 heteroatoms. The molecule has 0 atom stereocenters. The fourth-order valence-electron chi connectivity index (χ4n) is 1.78. The van der Waals surface area contributed by atoms with E-state index in [2.05, 4.69) is 35.4 Å². The summed E-state index contributed by atoms with van der Waals surface area (Å²) in [5, 5.41) is 13.3. The molecule has 2 N–H and O–H groups in total. The molecule has 0 aromatic carbocycles. The number of carboxylic acid groups (broad SMARTS) is 1. The van der Waals surface area contributed by atoms with Crippen LogP contribution in [0, 0.1) is 6.92 Å². The number of aromatic nitrogens is 2. The van der Waals surface area contributed by atoms with Gasteiger partial charge in [-0.15, -0.1) is 11.3 Å². The summed E-state index contributed by atoms with van der Waals surface area (Å²) < 4.78 is 0.0802. The van der Waals surface area contributed by atoms with Gasteiger partial charge in [0, 0.05) is 11.3 Å². The highest BCUT2D eigenvalue weighted by Crippen LogP contribution is 2.33. The maximum Gasteiger partial charge on any atom is 0.346 e. The Morgan fingerprint density at radius 2 is 2.20 bits per heavy atom. The van der Waals surface area contributed by atoms with Crippen LogP contribution in [-0.2, 0) is 0 Å². The number of hydrogen-bond donors (Lipinski definition) is 2. The van der Waals surface area contributed by atoms with E-state index in [-0.39, 0.29) is 4.75 Å². The summed E-state index contributed by atoms with van der Waals surface area (Å²) in [4.78, 5) is 20.7. The Morgan fingerprint density at radius 3 is 2.80 bits per heavy atom. The Balaban J connectivity index is 2.42. The van der Waals surface area contributed by atoms with E-state index in [1.165, 1.54) is 17.7 Å². The minimum atomic E-state index is -0.916. The third-order valence-electron chi connectivity index (χ3n) is 3.16. The second kappa shape index (κ2) is 5.57. The summed E-state index contributed by atoms with van der Waals surface area (Å²) in [6.45, 7) is 6.84. The van der Waals surface area contributed by atoms with E-state index < -0.39 is 5.97 Å². The first-order valence-corrected chi connectivity index (χ1v) is 8.16. The summed E-state index contributed by atoms with van der Waals surface area (Å²) in [6, 6.07) is 0. The van der Waals surface area contributed by atoms with E-state index in [1.807, 2.05) is 0 Å². The molecule has 0 amide bonds. The lowest BCUT2D eigenvalue weighted by molar-refractivity contribution is 0.0701. The van der Waals surface area contributed by atoms with Gasteiger partial charge in [0.2, 0.25) is 0 Å². The highest BCUT2D eigenvalue weighted by atomic mass is 32.2. The van der Waals surface area contributed by atoms with Crippen molar-refractivity contribution in [2.24, 2.45) is 0 Å². The number of hydrogen-bond acceptors (Lipinski definition) is 6. The zero-order valence-corrected chi connectivity index (χ0v) is 13.5. The number of aromatic carboxylic acids is 1. The molecule has 0 radical (unpaired) electrons. The third-order valence-corrected chi connectivity index (χ3v) is 5.59. The average molecular weight is 311 g/mol. The predicted octanol–water partition coefficient (Wildman–Crippen LogP) is 3.25. The van der Waals surface area contributed by atoms with Crippen LogP contribution in [0.5, 0.6) is 0 Å². The molecule has 0 saturated carbocycles. The van der Waals surface area contributed by atoms with Crippen LogP contribution in [0.1, 0.15) is 29.1 Å². The minimum Gasteiger partial charge on any atom is -0.477 e. The average Bonchev–Trinajstić information content (AvgIpc) is 2.75. The van der Waals surface area contributed by atoms with E-state index in [1.54, 1.807) is 18.7 Å². The number of thioether (sulfide) groups is 1. The van der Waals surface area contributed by atoms with Gasteiger partial charge in [-0.05, 0) is 32.6 Å². The molecule has 5 nitrogen and oxygen atoms in total. The lowest BCUT2D eigenvalue weighted by Crippen LogP contribution is -2.26. The number of fused-ring (bicyclic) bond motifs is 1. The van der Waals surface area contributed by atoms with Crippen LogP contribution in [0.25, 0.3) is 10.2 Å². The number of nitrogens with one attached hydrogen (secondary N) is 1. The second-order valence-corrected chi connectivity index (χ2v) is 7.59. The maximum absolute atomic E-state index is 11.2. The van der Waals surface area contributed by atoms with Crippen LogP contribution in [0.4, 0.5) is 5.82 Å². The molecule has 0 aliphatic carbocycles. The molecule has 108 valence electrons. The molecule has 0 aliphatic heterocycles. The largest absolute Gasteiger partial charge is 0.477 e. The Kier molecular flexibility index (Phi) is 4.19. The van der Waals surface area contributed by atoms with Crippen molar-refractivity contribution in [1.29, 1.82) is 0 Å². The van der Waals surface area contributed by atoms with Crippen LogP contribution in [-0.4, -0.2) is 38.6 Å². The zero-order chi connectivity index (χ0) is 14.9. The summed E-state index contributed by atoms with van der Waals surface area (Å²) in [5.41, 5.74) is 0.725. The Hall–Kier alpha value is -1.34. The number of thiophene rings is 1. The molecule has 0 fully saturated rings. The molecule has 0 bridgehead atoms. The molecule has 0 aliphatic rings. The van der Waals surface area contributed by atoms with E-state index in [4.69, 9.17) is 0 Å². The van der Waals surface area contributed by atoms with Crippen molar-refractivity contribution in [1.82, 2.24) is 9.97 Å². The van der Waals surface area contributed by atoms with Crippen LogP contribution in [0.2, 0.25) is 0 Å². The lowest BCUT2D eigenvalue weighted by atomic mass is 10.2. The molecule has 0 saturated heterocycles. The summed E-state index contributed by atoms with van der Waals surface area (Å²) in [5.74, 6) is -0.209. The molecule has 0 spiro atoms. The van der Waals surface area contributed by atoms with Gasteiger partial charge < -0.3 is 10.4 Å². The Bertz CT molecular complexity index is 652. The molecule has 2 rings (SSSR count). The number of anilines is 1. The standard InChI is InChI=1S/C13H17N3O2S2/c1-7-8-10(14-5-13(2,3)19-4)15-6-16-11(8)20-9(7)12(17)18/h6H,5H2,1-4H3,(H,17,18)(H,14,15,16). The Morgan fingerprint density at radius 1 is 1.50 bits per heavy atom. The van der Waals surface area contributed by atoms with Gasteiger partial charge in [0.1, 0.15) is 21.9 Å². The monoisotopic (exact) mass is 311 g/mol. The van der Waals surface area contributed by atoms with Crippen molar-refractivity contribution in [3.63, 3.8) is 0 Å².